The Bertz CT molecular complexity index is 972. The van der Waals surface area contributed by atoms with Crippen molar-refractivity contribution in [2.45, 2.75) is 19.3 Å². The molecule has 1 fully saturated rings. The molecule has 0 saturated carbocycles. The molecule has 1 aliphatic heterocycles. The average Bonchev–Trinajstić information content (AvgIpc) is 3.29. The van der Waals surface area contributed by atoms with Crippen LogP contribution < -0.4 is 9.64 Å². The molecular weight excluding hydrogens is 349 g/mol. The maximum atomic E-state index is 13.4. The van der Waals surface area contributed by atoms with E-state index in [1.54, 1.807) is 17.0 Å². The number of carbonyl (C=O) groups is 1. The zero-order chi connectivity index (χ0) is 18.8. The molecule has 6 nitrogen and oxygen atoms in total. The second kappa shape index (κ2) is 7.19. The Morgan fingerprint density at radius 1 is 1.26 bits per heavy atom. The first-order valence-corrected chi connectivity index (χ1v) is 8.77. The van der Waals surface area contributed by atoms with Crippen molar-refractivity contribution in [3.63, 3.8) is 0 Å². The van der Waals surface area contributed by atoms with E-state index in [9.17, 15) is 9.18 Å². The number of halogens is 1. The van der Waals surface area contributed by atoms with Crippen LogP contribution in [0, 0.1) is 5.82 Å². The van der Waals surface area contributed by atoms with Gasteiger partial charge in [0.25, 0.3) is 5.89 Å². The fraction of sp³-hybridized carbons (Fsp3) is 0.250. The number of amides is 1. The summed E-state index contributed by atoms with van der Waals surface area (Å²) in [5.74, 6) is 0.760. The van der Waals surface area contributed by atoms with Crippen LogP contribution in [-0.2, 0) is 4.79 Å². The topological polar surface area (TPSA) is 68.5 Å². The zero-order valence-electron chi connectivity index (χ0n) is 14.8. The van der Waals surface area contributed by atoms with E-state index in [1.165, 1.54) is 12.1 Å². The highest BCUT2D eigenvalue weighted by Gasteiger charge is 2.35. The Morgan fingerprint density at radius 2 is 2.11 bits per heavy atom. The van der Waals surface area contributed by atoms with E-state index in [4.69, 9.17) is 9.26 Å². The van der Waals surface area contributed by atoms with Crippen LogP contribution in [0.3, 0.4) is 0 Å². The largest absolute Gasteiger partial charge is 0.492 e. The SMILES string of the molecule is CCOc1ccccc1N1CC(c2noc(-c3cccc(F)c3)n2)CC1=O. The van der Waals surface area contributed by atoms with Crippen molar-refractivity contribution in [3.8, 4) is 17.2 Å². The molecule has 27 heavy (non-hydrogen) atoms. The quantitative estimate of drug-likeness (QED) is 0.686. The van der Waals surface area contributed by atoms with Crippen molar-refractivity contribution in [2.24, 2.45) is 0 Å². The van der Waals surface area contributed by atoms with Gasteiger partial charge in [0.1, 0.15) is 11.6 Å². The highest BCUT2D eigenvalue weighted by molar-refractivity contribution is 5.97. The minimum atomic E-state index is -0.373. The predicted molar refractivity (Wildman–Crippen MR) is 97.0 cm³/mol. The third-order valence-electron chi connectivity index (χ3n) is 4.46. The number of anilines is 1. The van der Waals surface area contributed by atoms with Gasteiger partial charge in [0, 0.05) is 24.4 Å². The van der Waals surface area contributed by atoms with Gasteiger partial charge in [0.2, 0.25) is 5.91 Å². The first kappa shape index (κ1) is 17.2. The monoisotopic (exact) mass is 367 g/mol. The molecule has 1 aliphatic rings. The number of hydrogen-bond acceptors (Lipinski definition) is 5. The predicted octanol–water partition coefficient (Wildman–Crippen LogP) is 3.79. The number of aromatic nitrogens is 2. The Balaban J connectivity index is 1.57. The van der Waals surface area contributed by atoms with Crippen LogP contribution in [0.1, 0.15) is 25.1 Å². The summed E-state index contributed by atoms with van der Waals surface area (Å²) in [7, 11) is 0. The normalized spacial score (nSPS) is 16.7. The number of ether oxygens (including phenoxy) is 1. The average molecular weight is 367 g/mol. The van der Waals surface area contributed by atoms with Crippen LogP contribution in [-0.4, -0.2) is 29.2 Å². The lowest BCUT2D eigenvalue weighted by molar-refractivity contribution is -0.117. The maximum Gasteiger partial charge on any atom is 0.258 e. The van der Waals surface area contributed by atoms with Crippen molar-refractivity contribution >= 4 is 11.6 Å². The van der Waals surface area contributed by atoms with Gasteiger partial charge in [0.05, 0.1) is 12.3 Å². The molecule has 0 radical (unpaired) electrons. The van der Waals surface area contributed by atoms with E-state index < -0.39 is 0 Å². The number of nitrogens with zero attached hydrogens (tertiary/aromatic N) is 3. The van der Waals surface area contributed by atoms with Crippen molar-refractivity contribution in [3.05, 3.63) is 60.2 Å². The summed E-state index contributed by atoms with van der Waals surface area (Å²) in [5.41, 5.74) is 1.25. The number of hydrogen-bond donors (Lipinski definition) is 0. The van der Waals surface area contributed by atoms with Crippen LogP contribution in [0.15, 0.2) is 53.1 Å². The zero-order valence-corrected chi connectivity index (χ0v) is 14.8. The number of rotatable bonds is 5. The lowest BCUT2D eigenvalue weighted by atomic mass is 10.1. The van der Waals surface area contributed by atoms with Gasteiger partial charge in [-0.05, 0) is 37.3 Å². The van der Waals surface area contributed by atoms with Gasteiger partial charge in [-0.3, -0.25) is 4.79 Å². The van der Waals surface area contributed by atoms with Crippen LogP contribution in [0.5, 0.6) is 5.75 Å². The van der Waals surface area contributed by atoms with Gasteiger partial charge in [-0.25, -0.2) is 4.39 Å². The molecule has 1 atom stereocenters. The second-order valence-electron chi connectivity index (χ2n) is 6.27. The molecular formula is C20H18FN3O3. The highest BCUT2D eigenvalue weighted by Crippen LogP contribution is 2.36. The standard InChI is InChI=1S/C20H18FN3O3/c1-2-26-17-9-4-3-8-16(17)24-12-14(11-18(24)25)19-22-20(27-23-19)13-6-5-7-15(21)10-13/h3-10,14H,2,11-12H2,1H3. The second-order valence-corrected chi connectivity index (χ2v) is 6.27. The number of carbonyl (C=O) groups excluding carboxylic acids is 1. The molecule has 138 valence electrons. The Morgan fingerprint density at radius 3 is 2.93 bits per heavy atom. The van der Waals surface area contributed by atoms with Crippen molar-refractivity contribution in [1.29, 1.82) is 0 Å². The maximum absolute atomic E-state index is 13.4. The fourth-order valence-electron chi connectivity index (χ4n) is 3.21. The molecule has 1 aromatic heterocycles. The third-order valence-corrected chi connectivity index (χ3v) is 4.46. The Hall–Kier alpha value is -3.22. The first-order valence-electron chi connectivity index (χ1n) is 8.77. The molecule has 2 aromatic carbocycles. The van der Waals surface area contributed by atoms with Crippen LogP contribution >= 0.6 is 0 Å². The Labute approximate surface area is 155 Å². The molecule has 4 rings (SSSR count). The summed E-state index contributed by atoms with van der Waals surface area (Å²) >= 11 is 0. The fourth-order valence-corrected chi connectivity index (χ4v) is 3.21. The van der Waals surface area contributed by atoms with Gasteiger partial charge >= 0.3 is 0 Å². The molecule has 1 amide bonds. The Kier molecular flexibility index (Phi) is 4.58. The molecule has 3 aromatic rings. The summed E-state index contributed by atoms with van der Waals surface area (Å²) in [6.07, 6.45) is 0.280. The van der Waals surface area contributed by atoms with Gasteiger partial charge in [-0.15, -0.1) is 0 Å². The highest BCUT2D eigenvalue weighted by atomic mass is 19.1. The molecule has 0 aliphatic carbocycles. The summed E-state index contributed by atoms with van der Waals surface area (Å²) in [4.78, 5) is 18.6. The molecule has 7 heteroatoms. The summed E-state index contributed by atoms with van der Waals surface area (Å²) in [6.45, 7) is 2.86. The van der Waals surface area contributed by atoms with Gasteiger partial charge < -0.3 is 14.2 Å². The molecule has 0 N–H and O–H groups in total. The van der Waals surface area contributed by atoms with E-state index in [0.717, 1.165) is 5.69 Å². The summed E-state index contributed by atoms with van der Waals surface area (Å²) in [6, 6.07) is 13.4. The smallest absolute Gasteiger partial charge is 0.258 e. The van der Waals surface area contributed by atoms with Gasteiger partial charge in [-0.2, -0.15) is 4.98 Å². The molecule has 0 spiro atoms. The molecule has 0 bridgehead atoms. The first-order chi connectivity index (χ1) is 13.2. The number of para-hydroxylation sites is 2. The van der Waals surface area contributed by atoms with Crippen LogP contribution in [0.25, 0.3) is 11.5 Å². The minimum absolute atomic E-state index is 0.0238. The van der Waals surface area contributed by atoms with Crippen molar-refractivity contribution in [2.75, 3.05) is 18.1 Å². The van der Waals surface area contributed by atoms with Gasteiger partial charge in [-0.1, -0.05) is 23.4 Å². The van der Waals surface area contributed by atoms with E-state index in [0.29, 0.717) is 30.3 Å². The lowest BCUT2D eigenvalue weighted by Gasteiger charge is -2.19. The summed E-state index contributed by atoms with van der Waals surface area (Å²) < 4.78 is 24.3. The van der Waals surface area contributed by atoms with Crippen LogP contribution in [0.2, 0.25) is 0 Å². The number of benzene rings is 2. The van der Waals surface area contributed by atoms with Crippen molar-refractivity contribution in [1.82, 2.24) is 10.1 Å². The van der Waals surface area contributed by atoms with E-state index in [1.807, 2.05) is 31.2 Å². The minimum Gasteiger partial charge on any atom is -0.492 e. The van der Waals surface area contributed by atoms with E-state index in [-0.39, 0.29) is 30.0 Å². The third kappa shape index (κ3) is 3.40. The van der Waals surface area contributed by atoms with E-state index >= 15 is 0 Å². The molecule has 1 saturated heterocycles. The molecule has 1 unspecified atom stereocenters. The lowest BCUT2D eigenvalue weighted by Crippen LogP contribution is -2.25. The molecule has 2 heterocycles. The van der Waals surface area contributed by atoms with Crippen molar-refractivity contribution < 1.29 is 18.4 Å². The van der Waals surface area contributed by atoms with Gasteiger partial charge in [0.15, 0.2) is 5.82 Å². The van der Waals surface area contributed by atoms with Crippen LogP contribution in [0.4, 0.5) is 10.1 Å². The summed E-state index contributed by atoms with van der Waals surface area (Å²) in [5, 5.41) is 4.01. The van der Waals surface area contributed by atoms with E-state index in [2.05, 4.69) is 10.1 Å².